The third-order valence-corrected chi connectivity index (χ3v) is 5.51. The molecule has 0 radical (unpaired) electrons. The van der Waals surface area contributed by atoms with Crippen molar-refractivity contribution in [2.45, 2.75) is 44.8 Å². The second-order valence-corrected chi connectivity index (χ2v) is 8.04. The van der Waals surface area contributed by atoms with E-state index in [2.05, 4.69) is 4.98 Å². The second kappa shape index (κ2) is 11.0. The molecule has 1 aromatic heterocycles. The number of nitrogens with zero attached hydrogens (tertiary/aromatic N) is 2. The van der Waals surface area contributed by atoms with Crippen molar-refractivity contribution in [3.8, 4) is 5.75 Å². The van der Waals surface area contributed by atoms with Crippen molar-refractivity contribution in [1.82, 2.24) is 9.55 Å². The van der Waals surface area contributed by atoms with Crippen molar-refractivity contribution >= 4 is 17.5 Å². The summed E-state index contributed by atoms with van der Waals surface area (Å²) in [6.07, 6.45) is 5.71. The van der Waals surface area contributed by atoms with Crippen molar-refractivity contribution in [1.29, 1.82) is 0 Å². The summed E-state index contributed by atoms with van der Waals surface area (Å²) >= 11 is 5.93. The van der Waals surface area contributed by atoms with E-state index in [1.807, 2.05) is 48.5 Å². The molecule has 2 unspecified atom stereocenters. The highest BCUT2D eigenvalue weighted by Gasteiger charge is 2.19. The number of hydrogen-bond donors (Lipinski definition) is 2. The summed E-state index contributed by atoms with van der Waals surface area (Å²) in [5, 5.41) is 11.0. The van der Waals surface area contributed by atoms with Crippen LogP contribution in [0, 0.1) is 0 Å². The van der Waals surface area contributed by atoms with E-state index in [-0.39, 0.29) is 11.7 Å². The number of aromatic nitrogens is 2. The van der Waals surface area contributed by atoms with Gasteiger partial charge in [-0.05, 0) is 61.9 Å². The summed E-state index contributed by atoms with van der Waals surface area (Å²) in [4.78, 5) is 15.3. The van der Waals surface area contributed by atoms with Crippen LogP contribution in [0.3, 0.4) is 0 Å². The van der Waals surface area contributed by atoms with Crippen LogP contribution in [0.5, 0.6) is 5.75 Å². The molecule has 1 heterocycles. The van der Waals surface area contributed by atoms with Crippen LogP contribution in [0.2, 0.25) is 5.02 Å². The van der Waals surface area contributed by atoms with Crippen LogP contribution in [0.1, 0.15) is 47.4 Å². The summed E-state index contributed by atoms with van der Waals surface area (Å²) in [6, 6.07) is 15.6. The minimum Gasteiger partial charge on any atom is -0.493 e. The fourth-order valence-corrected chi connectivity index (χ4v) is 3.67. The SMILES string of the molecule is CC(O)C(CCc1ccccc1OCCCc1ccc(Cl)cc1)n1cnc(C(N)=O)c1. The Morgan fingerprint density at radius 1 is 1.19 bits per heavy atom. The highest BCUT2D eigenvalue weighted by Crippen LogP contribution is 2.25. The maximum absolute atomic E-state index is 11.3. The number of carbonyl (C=O) groups excluding carboxylic acids is 1. The van der Waals surface area contributed by atoms with Crippen molar-refractivity contribution in [2.24, 2.45) is 5.73 Å². The van der Waals surface area contributed by atoms with Gasteiger partial charge in [-0.2, -0.15) is 0 Å². The Labute approximate surface area is 187 Å². The van der Waals surface area contributed by atoms with Gasteiger partial charge in [0.2, 0.25) is 0 Å². The molecule has 0 fully saturated rings. The maximum Gasteiger partial charge on any atom is 0.268 e. The van der Waals surface area contributed by atoms with E-state index in [0.717, 1.165) is 29.2 Å². The van der Waals surface area contributed by atoms with Gasteiger partial charge in [0, 0.05) is 11.2 Å². The number of carbonyl (C=O) groups is 1. The second-order valence-electron chi connectivity index (χ2n) is 7.60. The van der Waals surface area contributed by atoms with Crippen molar-refractivity contribution < 1.29 is 14.6 Å². The molecule has 0 saturated heterocycles. The molecule has 0 aliphatic carbocycles. The molecule has 2 aromatic carbocycles. The number of hydrogen-bond acceptors (Lipinski definition) is 4. The van der Waals surface area contributed by atoms with Gasteiger partial charge in [0.15, 0.2) is 0 Å². The molecule has 2 atom stereocenters. The standard InChI is InChI=1S/C24H28ClN3O3/c1-17(29)22(28-15-21(24(26)30)27-16-28)13-10-19-6-2-3-7-23(19)31-14-4-5-18-8-11-20(25)12-9-18/h2-3,6-9,11-12,15-17,22,29H,4-5,10,13-14H2,1H3,(H2,26,30). The Morgan fingerprint density at radius 2 is 1.94 bits per heavy atom. The summed E-state index contributed by atoms with van der Waals surface area (Å²) in [7, 11) is 0. The van der Waals surface area contributed by atoms with E-state index in [1.165, 1.54) is 11.9 Å². The molecular weight excluding hydrogens is 414 g/mol. The molecule has 3 N–H and O–H groups in total. The zero-order chi connectivity index (χ0) is 22.2. The van der Waals surface area contributed by atoms with Gasteiger partial charge in [-0.1, -0.05) is 41.9 Å². The summed E-state index contributed by atoms with van der Waals surface area (Å²) in [5.41, 5.74) is 7.79. The smallest absolute Gasteiger partial charge is 0.268 e. The lowest BCUT2D eigenvalue weighted by molar-refractivity contribution is 0.0994. The van der Waals surface area contributed by atoms with E-state index >= 15 is 0 Å². The molecule has 0 aliphatic heterocycles. The third kappa shape index (κ3) is 6.57. The monoisotopic (exact) mass is 441 g/mol. The molecule has 3 aromatic rings. The molecule has 6 nitrogen and oxygen atoms in total. The van der Waals surface area contributed by atoms with Gasteiger partial charge in [-0.25, -0.2) is 4.98 Å². The van der Waals surface area contributed by atoms with Crippen molar-refractivity contribution in [3.63, 3.8) is 0 Å². The van der Waals surface area contributed by atoms with Gasteiger partial charge in [-0.15, -0.1) is 0 Å². The highest BCUT2D eigenvalue weighted by molar-refractivity contribution is 6.30. The number of rotatable bonds is 11. The number of aliphatic hydroxyl groups is 1. The van der Waals surface area contributed by atoms with Crippen LogP contribution in [0.15, 0.2) is 61.1 Å². The van der Waals surface area contributed by atoms with Crippen LogP contribution in [0.4, 0.5) is 0 Å². The first-order valence-electron chi connectivity index (χ1n) is 10.4. The minimum atomic E-state index is -0.609. The summed E-state index contributed by atoms with van der Waals surface area (Å²) in [5.74, 6) is 0.270. The quantitative estimate of drug-likeness (QED) is 0.436. The molecule has 1 amide bonds. The minimum absolute atomic E-state index is 0.190. The predicted octanol–water partition coefficient (Wildman–Crippen LogP) is 4.20. The van der Waals surface area contributed by atoms with E-state index < -0.39 is 12.0 Å². The van der Waals surface area contributed by atoms with E-state index in [1.54, 1.807) is 17.7 Å². The molecule has 31 heavy (non-hydrogen) atoms. The maximum atomic E-state index is 11.3. The summed E-state index contributed by atoms with van der Waals surface area (Å²) < 4.78 is 7.80. The van der Waals surface area contributed by atoms with Gasteiger partial charge in [0.25, 0.3) is 5.91 Å². The van der Waals surface area contributed by atoms with E-state index in [0.29, 0.717) is 19.4 Å². The molecule has 3 rings (SSSR count). The molecule has 0 spiro atoms. The molecule has 7 heteroatoms. The number of benzene rings is 2. The Balaban J connectivity index is 1.57. The Bertz CT molecular complexity index is 986. The van der Waals surface area contributed by atoms with Gasteiger partial charge in [-0.3, -0.25) is 4.79 Å². The number of amides is 1. The number of aryl methyl sites for hydroxylation is 2. The average molecular weight is 442 g/mol. The van der Waals surface area contributed by atoms with E-state index in [9.17, 15) is 9.90 Å². The number of para-hydroxylation sites is 1. The number of nitrogens with two attached hydrogens (primary N) is 1. The first-order valence-corrected chi connectivity index (χ1v) is 10.8. The first kappa shape index (κ1) is 22.8. The number of primary amides is 1. The van der Waals surface area contributed by atoms with Crippen LogP contribution in [-0.2, 0) is 12.8 Å². The lowest BCUT2D eigenvalue weighted by Crippen LogP contribution is -2.21. The fourth-order valence-electron chi connectivity index (χ4n) is 3.55. The highest BCUT2D eigenvalue weighted by atomic mass is 35.5. The zero-order valence-corrected chi connectivity index (χ0v) is 18.3. The Morgan fingerprint density at radius 3 is 2.61 bits per heavy atom. The topological polar surface area (TPSA) is 90.4 Å². The van der Waals surface area contributed by atoms with Gasteiger partial charge >= 0.3 is 0 Å². The molecular formula is C24H28ClN3O3. The van der Waals surface area contributed by atoms with E-state index in [4.69, 9.17) is 22.1 Å². The largest absolute Gasteiger partial charge is 0.493 e. The van der Waals surface area contributed by atoms with Crippen LogP contribution >= 0.6 is 11.6 Å². The number of ether oxygens (including phenoxy) is 1. The lowest BCUT2D eigenvalue weighted by Gasteiger charge is -2.22. The molecule has 0 aliphatic rings. The third-order valence-electron chi connectivity index (χ3n) is 5.26. The van der Waals surface area contributed by atoms with Crippen LogP contribution in [-0.4, -0.2) is 33.3 Å². The summed E-state index contributed by atoms with van der Waals surface area (Å²) in [6.45, 7) is 2.34. The lowest BCUT2D eigenvalue weighted by atomic mass is 10.0. The molecule has 0 saturated carbocycles. The normalized spacial score (nSPS) is 13.0. The Kier molecular flexibility index (Phi) is 8.09. The predicted molar refractivity (Wildman–Crippen MR) is 121 cm³/mol. The fraction of sp³-hybridized carbons (Fsp3) is 0.333. The van der Waals surface area contributed by atoms with Crippen molar-refractivity contribution in [2.75, 3.05) is 6.61 Å². The van der Waals surface area contributed by atoms with Crippen molar-refractivity contribution in [3.05, 3.63) is 82.9 Å². The van der Waals surface area contributed by atoms with Gasteiger partial charge < -0.3 is 20.1 Å². The average Bonchev–Trinajstić information content (AvgIpc) is 3.23. The number of imidazole rings is 1. The van der Waals surface area contributed by atoms with Gasteiger partial charge in [0.1, 0.15) is 11.4 Å². The Hall–Kier alpha value is -2.83. The molecule has 164 valence electrons. The number of halogens is 1. The van der Waals surface area contributed by atoms with Crippen LogP contribution < -0.4 is 10.5 Å². The van der Waals surface area contributed by atoms with Gasteiger partial charge in [0.05, 0.1) is 25.1 Å². The first-order chi connectivity index (χ1) is 14.9. The molecule has 0 bridgehead atoms. The number of aliphatic hydroxyl groups excluding tert-OH is 1. The zero-order valence-electron chi connectivity index (χ0n) is 17.6. The van der Waals surface area contributed by atoms with Crippen LogP contribution in [0.25, 0.3) is 0 Å².